The molecule has 0 saturated heterocycles. The molecule has 1 atom stereocenters. The minimum absolute atomic E-state index is 0.0756. The molecular formula is C18H24O4. The van der Waals surface area contributed by atoms with Gasteiger partial charge in [0.15, 0.2) is 0 Å². The SMILES string of the molecule is CC=CCC[C@H]1Cc2cc(O)c(CCCC)c(O)c2C(=O)O1. The minimum atomic E-state index is -0.484. The minimum Gasteiger partial charge on any atom is -0.508 e. The molecule has 4 nitrogen and oxygen atoms in total. The van der Waals surface area contributed by atoms with Gasteiger partial charge in [0.25, 0.3) is 0 Å². The molecule has 1 aliphatic heterocycles. The van der Waals surface area contributed by atoms with Crippen molar-refractivity contribution in [1.29, 1.82) is 0 Å². The third-order valence-electron chi connectivity index (χ3n) is 4.06. The highest BCUT2D eigenvalue weighted by atomic mass is 16.5. The molecule has 0 saturated carbocycles. The highest BCUT2D eigenvalue weighted by Crippen LogP contribution is 2.38. The summed E-state index contributed by atoms with van der Waals surface area (Å²) in [7, 11) is 0. The summed E-state index contributed by atoms with van der Waals surface area (Å²) in [4.78, 5) is 12.2. The lowest BCUT2D eigenvalue weighted by Crippen LogP contribution is -2.28. The van der Waals surface area contributed by atoms with E-state index in [1.165, 1.54) is 0 Å². The van der Waals surface area contributed by atoms with Gasteiger partial charge in [-0.2, -0.15) is 0 Å². The Bertz CT molecular complexity index is 575. The third-order valence-corrected chi connectivity index (χ3v) is 4.06. The first-order valence-electron chi connectivity index (χ1n) is 7.97. The summed E-state index contributed by atoms with van der Waals surface area (Å²) < 4.78 is 5.43. The fraction of sp³-hybridized carbons (Fsp3) is 0.500. The van der Waals surface area contributed by atoms with Gasteiger partial charge in [0, 0.05) is 12.0 Å². The summed E-state index contributed by atoms with van der Waals surface area (Å²) in [6, 6.07) is 1.61. The molecule has 0 bridgehead atoms. The predicted octanol–water partition coefficient (Wildman–Crippen LogP) is 3.88. The molecule has 0 fully saturated rings. The number of cyclic esters (lactones) is 1. The highest BCUT2D eigenvalue weighted by molar-refractivity contribution is 5.96. The second kappa shape index (κ2) is 7.34. The molecule has 0 spiro atoms. The molecule has 4 heteroatoms. The van der Waals surface area contributed by atoms with Gasteiger partial charge in [0.1, 0.15) is 23.2 Å². The number of rotatable bonds is 6. The van der Waals surface area contributed by atoms with E-state index in [4.69, 9.17) is 4.74 Å². The smallest absolute Gasteiger partial charge is 0.342 e. The van der Waals surface area contributed by atoms with Crippen molar-refractivity contribution < 1.29 is 19.7 Å². The Balaban J connectivity index is 2.26. The van der Waals surface area contributed by atoms with Gasteiger partial charge in [0.2, 0.25) is 0 Å². The van der Waals surface area contributed by atoms with Crippen molar-refractivity contribution in [3.05, 3.63) is 34.9 Å². The van der Waals surface area contributed by atoms with Crippen LogP contribution in [-0.4, -0.2) is 22.3 Å². The number of esters is 1. The van der Waals surface area contributed by atoms with Crippen LogP contribution < -0.4 is 0 Å². The Morgan fingerprint density at radius 2 is 2.18 bits per heavy atom. The average molecular weight is 304 g/mol. The van der Waals surface area contributed by atoms with Crippen molar-refractivity contribution in [2.75, 3.05) is 0 Å². The maximum absolute atomic E-state index is 12.2. The monoisotopic (exact) mass is 304 g/mol. The molecule has 1 aromatic carbocycles. The summed E-state index contributed by atoms with van der Waals surface area (Å²) in [6.45, 7) is 3.99. The van der Waals surface area contributed by atoms with Gasteiger partial charge in [-0.15, -0.1) is 0 Å². The topological polar surface area (TPSA) is 66.8 Å². The molecule has 0 unspecified atom stereocenters. The summed E-state index contributed by atoms with van der Waals surface area (Å²) in [5, 5.41) is 20.5. The number of hydrogen-bond acceptors (Lipinski definition) is 4. The van der Waals surface area contributed by atoms with E-state index in [1.54, 1.807) is 6.07 Å². The maximum atomic E-state index is 12.2. The third kappa shape index (κ3) is 3.43. The number of allylic oxidation sites excluding steroid dienone is 2. The van der Waals surface area contributed by atoms with Crippen LogP contribution in [0.3, 0.4) is 0 Å². The lowest BCUT2D eigenvalue weighted by atomic mass is 9.91. The molecule has 1 aromatic rings. The Hall–Kier alpha value is -1.97. The quantitative estimate of drug-likeness (QED) is 0.618. The summed E-state index contributed by atoms with van der Waals surface area (Å²) in [5.74, 6) is -0.520. The van der Waals surface area contributed by atoms with Crippen LogP contribution in [0.4, 0.5) is 0 Å². The number of ether oxygens (including phenoxy) is 1. The van der Waals surface area contributed by atoms with Crippen molar-refractivity contribution in [2.24, 2.45) is 0 Å². The Morgan fingerprint density at radius 3 is 2.86 bits per heavy atom. The number of hydrogen-bond donors (Lipinski definition) is 2. The summed E-state index contributed by atoms with van der Waals surface area (Å²) in [5.41, 5.74) is 1.35. The molecule has 2 N–H and O–H groups in total. The molecule has 0 radical (unpaired) electrons. The molecule has 2 rings (SSSR count). The second-order valence-corrected chi connectivity index (χ2v) is 5.74. The van der Waals surface area contributed by atoms with Gasteiger partial charge in [-0.05, 0) is 44.2 Å². The van der Waals surface area contributed by atoms with E-state index in [-0.39, 0.29) is 23.2 Å². The summed E-state index contributed by atoms with van der Waals surface area (Å²) in [6.07, 6.45) is 8.28. The van der Waals surface area contributed by atoms with Gasteiger partial charge in [-0.3, -0.25) is 0 Å². The van der Waals surface area contributed by atoms with Gasteiger partial charge < -0.3 is 14.9 Å². The first-order valence-corrected chi connectivity index (χ1v) is 7.97. The summed E-state index contributed by atoms with van der Waals surface area (Å²) >= 11 is 0. The van der Waals surface area contributed by atoms with E-state index in [1.807, 2.05) is 26.0 Å². The van der Waals surface area contributed by atoms with Crippen molar-refractivity contribution in [2.45, 2.75) is 58.5 Å². The molecule has 120 valence electrons. The lowest BCUT2D eigenvalue weighted by Gasteiger charge is -2.26. The van der Waals surface area contributed by atoms with Crippen LogP contribution in [0.25, 0.3) is 0 Å². The molecule has 1 aliphatic rings. The van der Waals surface area contributed by atoms with Gasteiger partial charge in [-0.25, -0.2) is 4.79 Å². The van der Waals surface area contributed by atoms with Crippen LogP contribution in [0, 0.1) is 0 Å². The fourth-order valence-electron chi connectivity index (χ4n) is 2.84. The lowest BCUT2D eigenvalue weighted by molar-refractivity contribution is 0.0235. The molecule has 1 heterocycles. The van der Waals surface area contributed by atoms with E-state index < -0.39 is 5.97 Å². The zero-order valence-corrected chi connectivity index (χ0v) is 13.3. The van der Waals surface area contributed by atoms with Gasteiger partial charge >= 0.3 is 5.97 Å². The number of phenolic OH excluding ortho intramolecular Hbond substituents is 2. The highest BCUT2D eigenvalue weighted by Gasteiger charge is 2.31. The molecule has 0 amide bonds. The maximum Gasteiger partial charge on any atom is 0.342 e. The second-order valence-electron chi connectivity index (χ2n) is 5.74. The van der Waals surface area contributed by atoms with Crippen LogP contribution in [0.15, 0.2) is 18.2 Å². The van der Waals surface area contributed by atoms with E-state index >= 15 is 0 Å². The van der Waals surface area contributed by atoms with Gasteiger partial charge in [-0.1, -0.05) is 25.5 Å². The fourth-order valence-corrected chi connectivity index (χ4v) is 2.84. The largest absolute Gasteiger partial charge is 0.508 e. The van der Waals surface area contributed by atoms with Gasteiger partial charge in [0.05, 0.1) is 0 Å². The number of phenols is 2. The zero-order valence-electron chi connectivity index (χ0n) is 13.3. The Kier molecular flexibility index (Phi) is 5.47. The van der Waals surface area contributed by atoms with Crippen molar-refractivity contribution in [3.63, 3.8) is 0 Å². The van der Waals surface area contributed by atoms with Crippen LogP contribution in [0.5, 0.6) is 11.5 Å². The first-order chi connectivity index (χ1) is 10.6. The number of benzene rings is 1. The molecular weight excluding hydrogens is 280 g/mol. The van der Waals surface area contributed by atoms with E-state index in [0.717, 1.165) is 25.7 Å². The van der Waals surface area contributed by atoms with Crippen LogP contribution in [-0.2, 0) is 17.6 Å². The molecule has 0 aromatic heterocycles. The number of carbonyl (C=O) groups is 1. The molecule has 22 heavy (non-hydrogen) atoms. The van der Waals surface area contributed by atoms with Crippen LogP contribution in [0.2, 0.25) is 0 Å². The average Bonchev–Trinajstić information content (AvgIpc) is 2.46. The number of aromatic hydroxyl groups is 2. The number of unbranched alkanes of at least 4 members (excludes halogenated alkanes) is 1. The van der Waals surface area contributed by atoms with Crippen molar-refractivity contribution in [3.8, 4) is 11.5 Å². The Morgan fingerprint density at radius 1 is 1.41 bits per heavy atom. The van der Waals surface area contributed by atoms with Crippen molar-refractivity contribution in [1.82, 2.24) is 0 Å². The number of fused-ring (bicyclic) bond motifs is 1. The standard InChI is InChI=1S/C18H24O4/c1-3-5-7-8-13-10-12-11-15(19)14(9-6-4-2)17(20)16(12)18(21)22-13/h3,5,11,13,19-20H,4,6-10H2,1-2H3/t13-/m0/s1. The van der Waals surface area contributed by atoms with Crippen LogP contribution in [0.1, 0.15) is 61.0 Å². The van der Waals surface area contributed by atoms with Crippen LogP contribution >= 0.6 is 0 Å². The predicted molar refractivity (Wildman–Crippen MR) is 85.3 cm³/mol. The van der Waals surface area contributed by atoms with E-state index in [9.17, 15) is 15.0 Å². The number of carbonyl (C=O) groups excluding carboxylic acids is 1. The Labute approximate surface area is 131 Å². The first kappa shape index (κ1) is 16.4. The van der Waals surface area contributed by atoms with E-state index in [0.29, 0.717) is 24.0 Å². The van der Waals surface area contributed by atoms with Crippen molar-refractivity contribution >= 4 is 5.97 Å². The normalized spacial score (nSPS) is 17.5. The van der Waals surface area contributed by atoms with E-state index in [2.05, 4.69) is 0 Å². The molecule has 0 aliphatic carbocycles. The zero-order chi connectivity index (χ0) is 16.1.